The highest BCUT2D eigenvalue weighted by molar-refractivity contribution is 5.99. The van der Waals surface area contributed by atoms with Gasteiger partial charge in [-0.3, -0.25) is 52.7 Å². The maximum atomic E-state index is 14.4. The largest absolute Gasteiger partial charge is 0.391 e. The molecule has 0 spiro atoms. The van der Waals surface area contributed by atoms with Gasteiger partial charge in [-0.1, -0.05) is 60.8 Å². The third-order valence-electron chi connectivity index (χ3n) is 13.7. The van der Waals surface area contributed by atoms with Gasteiger partial charge < -0.3 is 97.4 Å². The number of carbonyl (C=O) groups is 11. The smallest absolute Gasteiger partial charge is 0.245 e. The molecule has 82 heavy (non-hydrogen) atoms. The normalized spacial score (nSPS) is 23.4. The molecular weight excluding hydrogens is 1070 g/mol. The number of carbonyl (C=O) groups excluding carboxylic acids is 11. The van der Waals surface area contributed by atoms with Crippen molar-refractivity contribution in [2.45, 2.75) is 211 Å². The fourth-order valence-electron chi connectivity index (χ4n) is 8.76. The average molecular weight is 1170 g/mol. The zero-order valence-corrected chi connectivity index (χ0v) is 49.4. The van der Waals surface area contributed by atoms with E-state index in [0.29, 0.717) is 12.3 Å². The van der Waals surface area contributed by atoms with E-state index in [1.807, 2.05) is 0 Å². The van der Waals surface area contributed by atoms with Gasteiger partial charge in [0.1, 0.15) is 60.4 Å². The predicted molar refractivity (Wildman–Crippen MR) is 305 cm³/mol. The lowest BCUT2D eigenvalue weighted by Gasteiger charge is -2.29. The van der Waals surface area contributed by atoms with Crippen molar-refractivity contribution in [2.75, 3.05) is 39.3 Å². The van der Waals surface area contributed by atoms with Crippen LogP contribution in [0.1, 0.15) is 139 Å². The highest BCUT2D eigenvalue weighted by atomic mass is 16.3. The average Bonchev–Trinajstić information content (AvgIpc) is 3.41. The molecule has 29 nitrogen and oxygen atoms in total. The van der Waals surface area contributed by atoms with Crippen molar-refractivity contribution in [2.24, 2.45) is 46.4 Å². The lowest BCUT2D eigenvalue weighted by atomic mass is 9.99. The molecule has 0 aromatic heterocycles. The minimum atomic E-state index is -1.69. The lowest BCUT2D eigenvalue weighted by molar-refractivity contribution is -0.137. The molecule has 0 aliphatic carbocycles. The van der Waals surface area contributed by atoms with E-state index in [1.165, 1.54) is 13.8 Å². The molecule has 1 saturated heterocycles. The Kier molecular flexibility index (Phi) is 35.5. The quantitative estimate of drug-likeness (QED) is 0.0311. The Balaban J connectivity index is 3.81. The zero-order valence-electron chi connectivity index (χ0n) is 49.4. The molecule has 0 radical (unpaired) electrons. The molecule has 1 aliphatic heterocycles. The van der Waals surface area contributed by atoms with Crippen molar-refractivity contribution >= 4 is 65.0 Å². The van der Waals surface area contributed by atoms with E-state index < -0.39 is 151 Å². The summed E-state index contributed by atoms with van der Waals surface area (Å²) in [6.07, 6.45) is -0.760. The van der Waals surface area contributed by atoms with Gasteiger partial charge in [0.2, 0.25) is 65.0 Å². The first-order valence-electron chi connectivity index (χ1n) is 28.8. The van der Waals surface area contributed by atoms with Gasteiger partial charge in [0.25, 0.3) is 0 Å². The van der Waals surface area contributed by atoms with Crippen LogP contribution in [-0.4, -0.2) is 187 Å². The zero-order chi connectivity index (χ0) is 62.2. The summed E-state index contributed by atoms with van der Waals surface area (Å²) < 4.78 is 0. The summed E-state index contributed by atoms with van der Waals surface area (Å²) in [5, 5.41) is 49.5. The molecule has 1 aliphatic rings. The van der Waals surface area contributed by atoms with Gasteiger partial charge in [0.15, 0.2) is 0 Å². The Labute approximate surface area is 482 Å². The standard InChI is InChI=1S/C53H100N16O13/c1-9-30(6)12-10-11-13-41(72)60-33(14-20-54)48(77)69-43(32(8)71)53(82)65-36(17-23-57)45(74)64-38-19-25-59-52(81)42(31(7)70)68-49(78)37(18-24-58)62-44(73)34(15-21-55)63-50(79)39(26-28(2)3)67-51(80)40(27-29(4)5)66-46(75)35(16-22-56)61-47(38)76/h28-40,42-43,70-71H,9-27,54-58H2,1-8H3,(H,59,81)(H,60,72)(H,61,76)(H,62,73)(H,63,79)(H,64,74)(H,65,82)(H,66,75)(H,67,80)(H,68,78)(H,69,77)/t30-,31-,32-,33+,34+,35?,36+,37+,38?,39?,40-,42?,43+/m1/s1. The van der Waals surface area contributed by atoms with Gasteiger partial charge in [-0.15, -0.1) is 0 Å². The van der Waals surface area contributed by atoms with Gasteiger partial charge >= 0.3 is 0 Å². The van der Waals surface area contributed by atoms with Crippen LogP contribution in [0.5, 0.6) is 0 Å². The molecule has 0 saturated carbocycles. The number of nitrogens with two attached hydrogens (primary N) is 5. The fraction of sp³-hybridized carbons (Fsp3) is 0.792. The van der Waals surface area contributed by atoms with Crippen LogP contribution in [0.25, 0.3) is 0 Å². The first-order chi connectivity index (χ1) is 38.7. The highest BCUT2D eigenvalue weighted by Gasteiger charge is 2.37. The van der Waals surface area contributed by atoms with Gasteiger partial charge in [-0.05, 0) is 122 Å². The van der Waals surface area contributed by atoms with E-state index in [-0.39, 0.29) is 95.9 Å². The van der Waals surface area contributed by atoms with Crippen LogP contribution in [0.3, 0.4) is 0 Å². The second kappa shape index (κ2) is 39.4. The van der Waals surface area contributed by atoms with Crippen LogP contribution in [0, 0.1) is 17.8 Å². The van der Waals surface area contributed by atoms with Gasteiger partial charge in [0, 0.05) is 13.0 Å². The van der Waals surface area contributed by atoms with Crippen molar-refractivity contribution in [3.63, 3.8) is 0 Å². The molecule has 4 unspecified atom stereocenters. The number of rotatable bonds is 29. The van der Waals surface area contributed by atoms with E-state index in [9.17, 15) is 63.0 Å². The van der Waals surface area contributed by atoms with E-state index in [4.69, 9.17) is 28.7 Å². The molecule has 1 rings (SSSR count). The van der Waals surface area contributed by atoms with Gasteiger partial charge in [0.05, 0.1) is 12.2 Å². The number of hydrogen-bond acceptors (Lipinski definition) is 18. The first kappa shape index (κ1) is 73.9. The van der Waals surface area contributed by atoms with Crippen molar-refractivity contribution in [3.8, 4) is 0 Å². The Morgan fingerprint density at radius 2 is 0.963 bits per heavy atom. The number of unbranched alkanes of at least 4 members (excludes halogenated alkanes) is 1. The van der Waals surface area contributed by atoms with Crippen LogP contribution in [0.2, 0.25) is 0 Å². The molecule has 13 atom stereocenters. The third-order valence-corrected chi connectivity index (χ3v) is 13.7. The number of amides is 11. The van der Waals surface area contributed by atoms with E-state index in [0.717, 1.165) is 19.3 Å². The SMILES string of the molecule is CC[C@@H](C)CCCCC(=O)N[C@@H](CCN)C(=O)N[C@H](C(=O)N[C@@H](CCN)C(=O)NC1CCNC(=O)C([C@@H](C)O)NC(=O)[C@H](CCN)NC(=O)[C@H](CCN)NC(=O)C(CC(C)C)NC(=O)[C@@H](CC(C)C)NC(=O)C(CCN)NC1=O)[C@@H](C)O. The number of nitrogens with one attached hydrogen (secondary N) is 11. The Morgan fingerprint density at radius 1 is 0.524 bits per heavy atom. The van der Waals surface area contributed by atoms with E-state index in [1.54, 1.807) is 27.7 Å². The lowest BCUT2D eigenvalue weighted by Crippen LogP contribution is -2.62. The van der Waals surface area contributed by atoms with Crippen LogP contribution < -0.4 is 87.2 Å². The molecule has 1 heterocycles. The molecule has 470 valence electrons. The summed E-state index contributed by atoms with van der Waals surface area (Å²) in [7, 11) is 0. The summed E-state index contributed by atoms with van der Waals surface area (Å²) in [6.45, 7) is 12.6. The summed E-state index contributed by atoms with van der Waals surface area (Å²) in [6, 6.07) is -14.5. The number of hydrogen-bond donors (Lipinski definition) is 18. The topological polar surface area (TPSA) is 491 Å². The number of aliphatic hydroxyl groups excluding tert-OH is 2. The Bertz CT molecular complexity index is 2070. The molecular formula is C53H100N16O13. The summed E-state index contributed by atoms with van der Waals surface area (Å²) in [5.41, 5.74) is 29.2. The maximum absolute atomic E-state index is 14.4. The van der Waals surface area contributed by atoms with E-state index in [2.05, 4.69) is 72.3 Å². The number of aliphatic hydroxyl groups is 2. The second-order valence-electron chi connectivity index (χ2n) is 22.0. The highest BCUT2D eigenvalue weighted by Crippen LogP contribution is 2.14. The summed E-state index contributed by atoms with van der Waals surface area (Å²) >= 11 is 0. The molecule has 0 aromatic carbocycles. The molecule has 11 amide bonds. The van der Waals surface area contributed by atoms with Crippen molar-refractivity contribution in [1.29, 1.82) is 0 Å². The van der Waals surface area contributed by atoms with Crippen molar-refractivity contribution in [3.05, 3.63) is 0 Å². The second-order valence-corrected chi connectivity index (χ2v) is 22.0. The van der Waals surface area contributed by atoms with Crippen molar-refractivity contribution < 1.29 is 63.0 Å². The minimum absolute atomic E-state index is 0.0131. The molecule has 23 N–H and O–H groups in total. The molecule has 0 aromatic rings. The molecule has 0 bridgehead atoms. The van der Waals surface area contributed by atoms with Gasteiger partial charge in [-0.2, -0.15) is 0 Å². The minimum Gasteiger partial charge on any atom is -0.391 e. The predicted octanol–water partition coefficient (Wildman–Crippen LogP) is -5.44. The molecule has 29 heteroatoms. The van der Waals surface area contributed by atoms with Crippen LogP contribution in [-0.2, 0) is 52.7 Å². The summed E-state index contributed by atoms with van der Waals surface area (Å²) in [5.74, 6) is -9.49. The maximum Gasteiger partial charge on any atom is 0.245 e. The van der Waals surface area contributed by atoms with Crippen molar-refractivity contribution in [1.82, 2.24) is 58.5 Å². The first-order valence-corrected chi connectivity index (χ1v) is 28.8. The fourth-order valence-corrected chi connectivity index (χ4v) is 8.76. The van der Waals surface area contributed by atoms with Crippen LogP contribution in [0.15, 0.2) is 0 Å². The summed E-state index contributed by atoms with van der Waals surface area (Å²) in [4.78, 5) is 153. The Morgan fingerprint density at radius 3 is 1.39 bits per heavy atom. The third kappa shape index (κ3) is 27.3. The van der Waals surface area contributed by atoms with Crippen LogP contribution in [0.4, 0.5) is 0 Å². The van der Waals surface area contributed by atoms with Gasteiger partial charge in [-0.25, -0.2) is 0 Å². The monoisotopic (exact) mass is 1170 g/mol. The molecule has 1 fully saturated rings. The Hall–Kier alpha value is -6.11. The van der Waals surface area contributed by atoms with Crippen LogP contribution >= 0.6 is 0 Å². The van der Waals surface area contributed by atoms with E-state index >= 15 is 0 Å².